The number of aliphatic hydroxyl groups excluding tert-OH is 1. The van der Waals surface area contributed by atoms with Crippen LogP contribution in [0.1, 0.15) is 50.5 Å². The molecule has 3 aromatic carbocycles. The molecule has 51 heavy (non-hydrogen) atoms. The third-order valence-electron chi connectivity index (χ3n) is 8.76. The maximum Gasteiger partial charge on any atom is 0.408 e. The number of benzene rings is 3. The Kier molecular flexibility index (Phi) is 14.3. The second kappa shape index (κ2) is 19.0. The van der Waals surface area contributed by atoms with Gasteiger partial charge in [0.1, 0.15) is 25.3 Å². The van der Waals surface area contributed by atoms with Crippen LogP contribution in [-0.4, -0.2) is 65.7 Å². The standard InChI is InChI=1S/C39H46N4O8/c1-3-12-30(23-34(45)43-39(26-44)20-10-11-21-39)35(46)41-33(36(47)40-31-19-18-28-16-8-9-17-29(28)22-31)25-50-37(48)32(13-4-2)42-38(49)51-24-27-14-6-5-7-15-27/h3-9,14-19,22,30,32-33,44H,1-2,10-13,20-21,23-26H2,(H,40,47)(H,41,46)(H,42,49)(H,43,45). The fourth-order valence-electron chi connectivity index (χ4n) is 5.95. The van der Waals surface area contributed by atoms with Crippen LogP contribution in [0, 0.1) is 5.92 Å². The normalized spacial score (nSPS) is 15.0. The highest BCUT2D eigenvalue weighted by molar-refractivity contribution is 6.00. The number of carbonyl (C=O) groups excluding carboxylic acids is 5. The van der Waals surface area contributed by atoms with Gasteiger partial charge in [0.2, 0.25) is 11.8 Å². The highest BCUT2D eigenvalue weighted by Crippen LogP contribution is 2.29. The SMILES string of the molecule is C=CCC(CC(=O)NC1(CO)CCCC1)C(=O)NC(COC(=O)C(CC=C)NC(=O)OCc1ccccc1)C(=O)Nc1ccc2ccccc2c1. The lowest BCUT2D eigenvalue weighted by Crippen LogP contribution is -2.52. The molecule has 3 atom stereocenters. The average molecular weight is 699 g/mol. The van der Waals surface area contributed by atoms with Crippen molar-refractivity contribution in [2.45, 2.75) is 69.2 Å². The Morgan fingerprint density at radius 2 is 1.49 bits per heavy atom. The maximum atomic E-state index is 13.7. The van der Waals surface area contributed by atoms with Crippen molar-refractivity contribution in [3.63, 3.8) is 0 Å². The first-order valence-electron chi connectivity index (χ1n) is 17.0. The summed E-state index contributed by atoms with van der Waals surface area (Å²) in [6.07, 6.45) is 5.03. The summed E-state index contributed by atoms with van der Waals surface area (Å²) in [6.45, 7) is 6.55. The second-order valence-electron chi connectivity index (χ2n) is 12.6. The molecule has 1 saturated carbocycles. The van der Waals surface area contributed by atoms with E-state index in [1.54, 1.807) is 36.4 Å². The minimum absolute atomic E-state index is 0.00539. The fourth-order valence-corrected chi connectivity index (χ4v) is 5.95. The monoisotopic (exact) mass is 698 g/mol. The molecule has 0 saturated heterocycles. The van der Waals surface area contributed by atoms with Gasteiger partial charge < -0.3 is 35.8 Å². The van der Waals surface area contributed by atoms with Crippen LogP contribution in [0.15, 0.2) is 98.1 Å². The van der Waals surface area contributed by atoms with E-state index >= 15 is 0 Å². The summed E-state index contributed by atoms with van der Waals surface area (Å²) < 4.78 is 10.7. The number of alkyl carbamates (subject to hydrolysis) is 1. The molecule has 1 aliphatic carbocycles. The number of hydrogen-bond donors (Lipinski definition) is 5. The number of rotatable bonds is 18. The van der Waals surface area contributed by atoms with Gasteiger partial charge in [-0.25, -0.2) is 9.59 Å². The van der Waals surface area contributed by atoms with Crippen molar-refractivity contribution < 1.29 is 38.6 Å². The summed E-state index contributed by atoms with van der Waals surface area (Å²) in [5.41, 5.74) is 0.488. The lowest BCUT2D eigenvalue weighted by Gasteiger charge is -2.29. The van der Waals surface area contributed by atoms with Gasteiger partial charge in [0.05, 0.1) is 18.1 Å². The summed E-state index contributed by atoms with van der Waals surface area (Å²) in [7, 11) is 0. The predicted molar refractivity (Wildman–Crippen MR) is 193 cm³/mol. The van der Waals surface area contributed by atoms with Crippen LogP contribution in [0.25, 0.3) is 10.8 Å². The number of ether oxygens (including phenoxy) is 2. The molecular weight excluding hydrogens is 652 g/mol. The molecule has 3 unspecified atom stereocenters. The van der Waals surface area contributed by atoms with E-state index in [1.807, 2.05) is 36.4 Å². The fraction of sp³-hybridized carbons (Fsp3) is 0.359. The lowest BCUT2D eigenvalue weighted by molar-refractivity contribution is -0.148. The summed E-state index contributed by atoms with van der Waals surface area (Å²) in [5, 5.41) is 22.6. The Morgan fingerprint density at radius 1 is 0.804 bits per heavy atom. The summed E-state index contributed by atoms with van der Waals surface area (Å²) >= 11 is 0. The molecule has 4 amide bonds. The van der Waals surface area contributed by atoms with Crippen LogP contribution >= 0.6 is 0 Å². The lowest BCUT2D eigenvalue weighted by atomic mass is 9.95. The first-order chi connectivity index (χ1) is 24.6. The van der Waals surface area contributed by atoms with E-state index in [4.69, 9.17) is 9.47 Å². The van der Waals surface area contributed by atoms with Gasteiger partial charge in [0, 0.05) is 12.1 Å². The molecule has 12 heteroatoms. The van der Waals surface area contributed by atoms with Crippen molar-refractivity contribution in [3.8, 4) is 0 Å². The highest BCUT2D eigenvalue weighted by Gasteiger charge is 2.36. The number of amides is 4. The van der Waals surface area contributed by atoms with Gasteiger partial charge >= 0.3 is 12.1 Å². The number of fused-ring (bicyclic) bond motifs is 1. The summed E-state index contributed by atoms with van der Waals surface area (Å²) in [4.78, 5) is 66.0. The summed E-state index contributed by atoms with van der Waals surface area (Å²) in [6, 6.07) is 19.3. The van der Waals surface area contributed by atoms with Crippen molar-refractivity contribution in [2.75, 3.05) is 18.5 Å². The van der Waals surface area contributed by atoms with Gasteiger partial charge in [-0.05, 0) is 54.2 Å². The molecule has 12 nitrogen and oxygen atoms in total. The molecule has 270 valence electrons. The zero-order chi connectivity index (χ0) is 36.6. The van der Waals surface area contributed by atoms with Gasteiger partial charge in [-0.3, -0.25) is 14.4 Å². The number of esters is 1. The number of anilines is 1. The zero-order valence-electron chi connectivity index (χ0n) is 28.6. The number of aliphatic hydroxyl groups is 1. The first-order valence-corrected chi connectivity index (χ1v) is 17.0. The van der Waals surface area contributed by atoms with Crippen molar-refractivity contribution in [2.24, 2.45) is 5.92 Å². The van der Waals surface area contributed by atoms with Gasteiger partial charge in [-0.1, -0.05) is 85.7 Å². The maximum absolute atomic E-state index is 13.7. The Labute approximate surface area is 297 Å². The average Bonchev–Trinajstić information content (AvgIpc) is 3.60. The van der Waals surface area contributed by atoms with Crippen LogP contribution < -0.4 is 21.3 Å². The van der Waals surface area contributed by atoms with E-state index in [-0.39, 0.29) is 32.5 Å². The van der Waals surface area contributed by atoms with Crippen molar-refractivity contribution in [1.29, 1.82) is 0 Å². The van der Waals surface area contributed by atoms with Crippen molar-refractivity contribution in [1.82, 2.24) is 16.0 Å². The molecule has 0 bridgehead atoms. The molecule has 3 aromatic rings. The van der Waals surface area contributed by atoms with Crippen LogP contribution in [0.3, 0.4) is 0 Å². The molecule has 0 spiro atoms. The van der Waals surface area contributed by atoms with Gasteiger partial charge in [-0.15, -0.1) is 13.2 Å². The molecule has 1 fully saturated rings. The van der Waals surface area contributed by atoms with Crippen molar-refractivity contribution >= 4 is 46.2 Å². The van der Waals surface area contributed by atoms with E-state index < -0.39 is 59.9 Å². The third kappa shape index (κ3) is 11.5. The van der Waals surface area contributed by atoms with E-state index in [1.165, 1.54) is 12.2 Å². The van der Waals surface area contributed by atoms with Crippen molar-refractivity contribution in [3.05, 3.63) is 104 Å². The largest absolute Gasteiger partial charge is 0.461 e. The molecule has 5 N–H and O–H groups in total. The third-order valence-corrected chi connectivity index (χ3v) is 8.76. The van der Waals surface area contributed by atoms with Gasteiger partial charge in [0.15, 0.2) is 0 Å². The molecular formula is C39H46N4O8. The molecule has 0 aromatic heterocycles. The Hall–Kier alpha value is -5.49. The quantitative estimate of drug-likeness (QED) is 0.0942. The van der Waals surface area contributed by atoms with E-state index in [2.05, 4.69) is 34.4 Å². The number of hydrogen-bond acceptors (Lipinski definition) is 8. The number of nitrogens with one attached hydrogen (secondary N) is 4. The molecule has 0 aliphatic heterocycles. The summed E-state index contributed by atoms with van der Waals surface area (Å²) in [5.74, 6) is -3.49. The minimum Gasteiger partial charge on any atom is -0.461 e. The number of carbonyl (C=O) groups is 5. The van der Waals surface area contributed by atoms with Crippen LogP contribution in [0.5, 0.6) is 0 Å². The zero-order valence-corrected chi connectivity index (χ0v) is 28.6. The smallest absolute Gasteiger partial charge is 0.408 e. The molecule has 4 rings (SSSR count). The minimum atomic E-state index is -1.38. The molecule has 0 heterocycles. The van der Waals surface area contributed by atoms with Crippen LogP contribution in [-0.2, 0) is 35.3 Å². The van der Waals surface area contributed by atoms with E-state index in [0.29, 0.717) is 18.5 Å². The Balaban J connectivity index is 1.45. The van der Waals surface area contributed by atoms with Crippen LogP contribution in [0.4, 0.5) is 10.5 Å². The highest BCUT2D eigenvalue weighted by atomic mass is 16.6. The first kappa shape index (κ1) is 38.3. The van der Waals surface area contributed by atoms with Crippen LogP contribution in [0.2, 0.25) is 0 Å². The molecule has 1 aliphatic rings. The van der Waals surface area contributed by atoms with E-state index in [0.717, 1.165) is 29.2 Å². The van der Waals surface area contributed by atoms with Gasteiger partial charge in [0.25, 0.3) is 5.91 Å². The molecule has 0 radical (unpaired) electrons. The Morgan fingerprint density at radius 3 is 2.18 bits per heavy atom. The Bertz CT molecular complexity index is 1690. The van der Waals surface area contributed by atoms with Gasteiger partial charge in [-0.2, -0.15) is 0 Å². The number of allylic oxidation sites excluding steroid dienone is 1. The second-order valence-corrected chi connectivity index (χ2v) is 12.6. The predicted octanol–water partition coefficient (Wildman–Crippen LogP) is 4.68. The van der Waals surface area contributed by atoms with E-state index in [9.17, 15) is 29.1 Å². The topological polar surface area (TPSA) is 172 Å².